The number of esters is 1. The molecule has 3 rings (SSSR count). The van der Waals surface area contributed by atoms with Crippen LogP contribution in [0.15, 0.2) is 18.2 Å². The maximum Gasteiger partial charge on any atom is 0.327 e. The third kappa shape index (κ3) is 4.39. The minimum Gasteiger partial charge on any atom is -0.451 e. The van der Waals surface area contributed by atoms with E-state index in [0.29, 0.717) is 11.4 Å². The van der Waals surface area contributed by atoms with Crippen molar-refractivity contribution in [3.63, 3.8) is 0 Å². The summed E-state index contributed by atoms with van der Waals surface area (Å²) in [7, 11) is 0. The number of carbonyl (C=O) groups excluding carboxylic acids is 4. The highest BCUT2D eigenvalue weighted by molar-refractivity contribution is 6.35. The van der Waals surface area contributed by atoms with Crippen LogP contribution in [-0.4, -0.2) is 46.9 Å². The van der Waals surface area contributed by atoms with E-state index < -0.39 is 42.0 Å². The van der Waals surface area contributed by atoms with Crippen molar-refractivity contribution >= 4 is 52.7 Å². The van der Waals surface area contributed by atoms with Crippen molar-refractivity contribution in [2.45, 2.75) is 51.2 Å². The summed E-state index contributed by atoms with van der Waals surface area (Å²) in [5.41, 5.74) is -0.679. The molecule has 2 aliphatic rings. The van der Waals surface area contributed by atoms with E-state index in [1.807, 2.05) is 6.92 Å². The molecule has 1 aromatic rings. The molecule has 1 saturated heterocycles. The average Bonchev–Trinajstić information content (AvgIpc) is 2.92. The highest BCUT2D eigenvalue weighted by Gasteiger charge is 2.55. The van der Waals surface area contributed by atoms with E-state index in [9.17, 15) is 19.2 Å². The van der Waals surface area contributed by atoms with Gasteiger partial charge in [-0.05, 0) is 43.9 Å². The molecule has 30 heavy (non-hydrogen) atoms. The lowest BCUT2D eigenvalue weighted by molar-refractivity contribution is -0.155. The molecular formula is C20H23Cl2N3O5. The van der Waals surface area contributed by atoms with Gasteiger partial charge in [0.1, 0.15) is 12.1 Å². The molecule has 162 valence electrons. The molecule has 1 spiro atoms. The van der Waals surface area contributed by atoms with Crippen LogP contribution in [-0.2, 0) is 19.1 Å². The fraction of sp³-hybridized carbons (Fsp3) is 0.500. The number of halogens is 2. The van der Waals surface area contributed by atoms with Crippen LogP contribution in [0.3, 0.4) is 0 Å². The summed E-state index contributed by atoms with van der Waals surface area (Å²) in [6, 6.07) is 3.94. The van der Waals surface area contributed by atoms with Crippen LogP contribution in [0.4, 0.5) is 10.5 Å². The maximum absolute atomic E-state index is 12.9. The molecule has 8 nitrogen and oxygen atoms in total. The van der Waals surface area contributed by atoms with Crippen LogP contribution in [0.25, 0.3) is 0 Å². The molecule has 0 aromatic heterocycles. The van der Waals surface area contributed by atoms with Crippen molar-refractivity contribution < 1.29 is 23.9 Å². The fourth-order valence-electron chi connectivity index (χ4n) is 3.88. The molecule has 2 N–H and O–H groups in total. The zero-order chi connectivity index (χ0) is 22.1. The summed E-state index contributed by atoms with van der Waals surface area (Å²) in [6.07, 6.45) is 2.03. The van der Waals surface area contributed by atoms with Crippen LogP contribution >= 0.6 is 23.2 Å². The first-order valence-corrected chi connectivity index (χ1v) is 10.5. The lowest BCUT2D eigenvalue weighted by Crippen LogP contribution is -2.54. The second-order valence-corrected chi connectivity index (χ2v) is 8.53. The van der Waals surface area contributed by atoms with E-state index in [4.69, 9.17) is 27.9 Å². The summed E-state index contributed by atoms with van der Waals surface area (Å²) in [6.45, 7) is 2.74. The van der Waals surface area contributed by atoms with Gasteiger partial charge in [0.2, 0.25) is 0 Å². The Labute approximate surface area is 184 Å². The highest BCUT2D eigenvalue weighted by Crippen LogP contribution is 2.38. The molecule has 10 heteroatoms. The lowest BCUT2D eigenvalue weighted by Gasteiger charge is -2.36. The second kappa shape index (κ2) is 8.81. The van der Waals surface area contributed by atoms with Crippen LogP contribution in [0.2, 0.25) is 10.0 Å². The van der Waals surface area contributed by atoms with Crippen molar-refractivity contribution in [3.05, 3.63) is 28.2 Å². The molecule has 1 aromatic carbocycles. The molecule has 3 unspecified atom stereocenters. The van der Waals surface area contributed by atoms with Crippen molar-refractivity contribution in [2.75, 3.05) is 11.9 Å². The Morgan fingerprint density at radius 2 is 2.07 bits per heavy atom. The SMILES string of the molecule is CC(OC(=O)CN1C(=O)NC2(CCCCC2C)C1=O)C(=O)Nc1cc(Cl)ccc1Cl. The number of ether oxygens (including phenoxy) is 1. The molecule has 0 radical (unpaired) electrons. The Hall–Kier alpha value is -2.32. The topological polar surface area (TPSA) is 105 Å². The predicted molar refractivity (Wildman–Crippen MR) is 111 cm³/mol. The van der Waals surface area contributed by atoms with Gasteiger partial charge in [-0.3, -0.25) is 19.3 Å². The monoisotopic (exact) mass is 455 g/mol. The van der Waals surface area contributed by atoms with Crippen molar-refractivity contribution in [3.8, 4) is 0 Å². The maximum atomic E-state index is 12.9. The minimum atomic E-state index is -1.17. The Morgan fingerprint density at radius 1 is 1.33 bits per heavy atom. The molecule has 4 amide bonds. The molecule has 1 aliphatic heterocycles. The third-order valence-electron chi connectivity index (χ3n) is 5.65. The average molecular weight is 456 g/mol. The number of anilines is 1. The Kier molecular flexibility index (Phi) is 6.57. The largest absolute Gasteiger partial charge is 0.451 e. The summed E-state index contributed by atoms with van der Waals surface area (Å²) in [5, 5.41) is 5.95. The Bertz CT molecular complexity index is 893. The summed E-state index contributed by atoms with van der Waals surface area (Å²) in [4.78, 5) is 50.7. The number of urea groups is 1. The number of rotatable bonds is 5. The van der Waals surface area contributed by atoms with E-state index in [-0.39, 0.29) is 16.6 Å². The number of carbonyl (C=O) groups is 4. The minimum absolute atomic E-state index is 0.0177. The van der Waals surface area contributed by atoms with Crippen molar-refractivity contribution in [1.82, 2.24) is 10.2 Å². The number of amides is 4. The van der Waals surface area contributed by atoms with Gasteiger partial charge in [-0.1, -0.05) is 43.0 Å². The van der Waals surface area contributed by atoms with Gasteiger partial charge in [-0.15, -0.1) is 0 Å². The summed E-state index contributed by atoms with van der Waals surface area (Å²) in [5.74, 6) is -1.92. The van der Waals surface area contributed by atoms with Gasteiger partial charge >= 0.3 is 12.0 Å². The predicted octanol–water partition coefficient (Wildman–Crippen LogP) is 3.36. The quantitative estimate of drug-likeness (QED) is 0.522. The van der Waals surface area contributed by atoms with Gasteiger partial charge in [0.05, 0.1) is 10.7 Å². The van der Waals surface area contributed by atoms with Gasteiger partial charge in [0.15, 0.2) is 6.10 Å². The zero-order valence-corrected chi connectivity index (χ0v) is 18.2. The van der Waals surface area contributed by atoms with Gasteiger partial charge in [-0.2, -0.15) is 0 Å². The van der Waals surface area contributed by atoms with Gasteiger partial charge < -0.3 is 15.4 Å². The molecule has 0 bridgehead atoms. The molecule has 2 fully saturated rings. The number of hydrogen-bond acceptors (Lipinski definition) is 5. The smallest absolute Gasteiger partial charge is 0.327 e. The fourth-order valence-corrected chi connectivity index (χ4v) is 4.22. The Morgan fingerprint density at radius 3 is 2.77 bits per heavy atom. The normalized spacial score (nSPS) is 24.5. The highest BCUT2D eigenvalue weighted by atomic mass is 35.5. The van der Waals surface area contributed by atoms with Crippen LogP contribution in [0, 0.1) is 5.92 Å². The number of nitrogens with one attached hydrogen (secondary N) is 2. The zero-order valence-electron chi connectivity index (χ0n) is 16.7. The first-order valence-electron chi connectivity index (χ1n) is 9.73. The van der Waals surface area contributed by atoms with E-state index >= 15 is 0 Å². The molecule has 1 heterocycles. The Balaban J connectivity index is 1.59. The number of nitrogens with zero attached hydrogens (tertiary/aromatic N) is 1. The van der Waals surface area contributed by atoms with E-state index in [0.717, 1.165) is 24.2 Å². The number of benzene rings is 1. The molecule has 1 aliphatic carbocycles. The van der Waals surface area contributed by atoms with Crippen molar-refractivity contribution in [1.29, 1.82) is 0 Å². The summed E-state index contributed by atoms with van der Waals surface area (Å²) < 4.78 is 5.11. The van der Waals surface area contributed by atoms with Gasteiger partial charge in [0, 0.05) is 5.02 Å². The third-order valence-corrected chi connectivity index (χ3v) is 6.22. The van der Waals surface area contributed by atoms with Gasteiger partial charge in [0.25, 0.3) is 11.8 Å². The van der Waals surface area contributed by atoms with E-state index in [1.54, 1.807) is 6.07 Å². The van der Waals surface area contributed by atoms with Gasteiger partial charge in [-0.25, -0.2) is 4.79 Å². The molecule has 1 saturated carbocycles. The van der Waals surface area contributed by atoms with E-state index in [2.05, 4.69) is 10.6 Å². The van der Waals surface area contributed by atoms with Crippen LogP contribution in [0.1, 0.15) is 39.5 Å². The molecular weight excluding hydrogens is 433 g/mol. The standard InChI is InChI=1S/C20H23Cl2N3O5/c1-11-5-3-4-8-20(11)18(28)25(19(29)24-20)10-16(26)30-12(2)17(27)23-15-9-13(21)6-7-14(15)22/h6-7,9,11-12H,3-5,8,10H2,1-2H3,(H,23,27)(H,24,29). The first-order chi connectivity index (χ1) is 14.1. The lowest BCUT2D eigenvalue weighted by atomic mass is 9.73. The second-order valence-electron chi connectivity index (χ2n) is 7.69. The van der Waals surface area contributed by atoms with Crippen LogP contribution in [0.5, 0.6) is 0 Å². The number of hydrogen-bond donors (Lipinski definition) is 2. The van der Waals surface area contributed by atoms with E-state index in [1.165, 1.54) is 19.1 Å². The molecule has 3 atom stereocenters. The van der Waals surface area contributed by atoms with Crippen molar-refractivity contribution in [2.24, 2.45) is 5.92 Å². The summed E-state index contributed by atoms with van der Waals surface area (Å²) >= 11 is 11.9. The van der Waals surface area contributed by atoms with Crippen LogP contribution < -0.4 is 10.6 Å². The first kappa shape index (κ1) is 22.4. The number of imide groups is 1.